The molecule has 0 aliphatic carbocycles. The first kappa shape index (κ1) is 29.4. The lowest BCUT2D eigenvalue weighted by Gasteiger charge is -2.27. The van der Waals surface area contributed by atoms with Crippen LogP contribution in [0, 0.1) is 0 Å². The quantitative estimate of drug-likeness (QED) is 0.200. The summed E-state index contributed by atoms with van der Waals surface area (Å²) in [4.78, 5) is 33.3. The van der Waals surface area contributed by atoms with Crippen molar-refractivity contribution in [2.45, 2.75) is 46.2 Å². The molecule has 1 aliphatic heterocycles. The fourth-order valence-corrected chi connectivity index (χ4v) is 7.14. The molecule has 0 amide bonds. The fraction of sp³-hybridized carbons (Fsp3) is 0.286. The van der Waals surface area contributed by atoms with E-state index in [0.717, 1.165) is 29.4 Å². The highest BCUT2D eigenvalue weighted by atomic mass is 32.1. The lowest BCUT2D eigenvalue weighted by Crippen LogP contribution is -2.40. The maximum atomic E-state index is 14.3. The molecule has 0 fully saturated rings. The van der Waals surface area contributed by atoms with Gasteiger partial charge in [0.05, 0.1) is 36.6 Å². The van der Waals surface area contributed by atoms with Crippen LogP contribution in [0.4, 0.5) is 0 Å². The van der Waals surface area contributed by atoms with Crippen molar-refractivity contribution in [1.29, 1.82) is 0 Å². The molecule has 9 heteroatoms. The summed E-state index contributed by atoms with van der Waals surface area (Å²) in [6.45, 7) is 7.01. The van der Waals surface area contributed by atoms with Gasteiger partial charge in [0.1, 0.15) is 17.5 Å². The van der Waals surface area contributed by atoms with E-state index in [1.165, 1.54) is 22.2 Å². The van der Waals surface area contributed by atoms with Crippen molar-refractivity contribution < 1.29 is 19.0 Å². The molecule has 1 atom stereocenters. The van der Waals surface area contributed by atoms with Gasteiger partial charge in [-0.1, -0.05) is 48.9 Å². The number of fused-ring (bicyclic) bond motifs is 4. The predicted molar refractivity (Wildman–Crippen MR) is 174 cm³/mol. The number of methoxy groups -OCH3 is 2. The normalized spacial score (nSPS) is 15.0. The third-order valence-electron chi connectivity index (χ3n) is 8.03. The van der Waals surface area contributed by atoms with Gasteiger partial charge in [0.15, 0.2) is 4.80 Å². The molecule has 226 valence electrons. The van der Waals surface area contributed by atoms with Crippen molar-refractivity contribution in [2.75, 3.05) is 20.8 Å². The van der Waals surface area contributed by atoms with Gasteiger partial charge in [0.2, 0.25) is 0 Å². The number of aryl methyl sites for hydroxylation is 1. The van der Waals surface area contributed by atoms with Crippen molar-refractivity contribution in [3.63, 3.8) is 0 Å². The topological polar surface area (TPSA) is 84.0 Å². The van der Waals surface area contributed by atoms with Crippen molar-refractivity contribution in [3.8, 4) is 11.5 Å². The summed E-state index contributed by atoms with van der Waals surface area (Å²) in [6.07, 6.45) is 3.23. The Kier molecular flexibility index (Phi) is 8.14. The third-order valence-corrected chi connectivity index (χ3v) is 9.02. The van der Waals surface area contributed by atoms with Gasteiger partial charge in [-0.25, -0.2) is 9.79 Å². The lowest BCUT2D eigenvalue weighted by molar-refractivity contribution is -0.139. The number of thiazole rings is 1. The maximum absolute atomic E-state index is 14.3. The molecule has 0 unspecified atom stereocenters. The molecule has 0 saturated heterocycles. The molecule has 0 bridgehead atoms. The molecule has 8 nitrogen and oxygen atoms in total. The molecular formula is C35H35N3O5S. The van der Waals surface area contributed by atoms with Gasteiger partial charge in [-0.2, -0.15) is 0 Å². The van der Waals surface area contributed by atoms with Crippen LogP contribution in [0.5, 0.6) is 11.5 Å². The highest BCUT2D eigenvalue weighted by molar-refractivity contribution is 7.07. The summed E-state index contributed by atoms with van der Waals surface area (Å²) in [5, 5.41) is 2.31. The first-order valence-electron chi connectivity index (χ1n) is 14.9. The van der Waals surface area contributed by atoms with Gasteiger partial charge in [0.25, 0.3) is 5.56 Å². The van der Waals surface area contributed by atoms with E-state index in [1.54, 1.807) is 37.8 Å². The molecule has 44 heavy (non-hydrogen) atoms. The molecule has 0 saturated carbocycles. The second-order valence-electron chi connectivity index (χ2n) is 10.6. The van der Waals surface area contributed by atoms with E-state index in [9.17, 15) is 9.59 Å². The number of esters is 1. The van der Waals surface area contributed by atoms with Crippen LogP contribution in [0.1, 0.15) is 50.8 Å². The summed E-state index contributed by atoms with van der Waals surface area (Å²) < 4.78 is 21.2. The van der Waals surface area contributed by atoms with Crippen molar-refractivity contribution >= 4 is 45.2 Å². The summed E-state index contributed by atoms with van der Waals surface area (Å²) in [7, 11) is 3.15. The van der Waals surface area contributed by atoms with Crippen LogP contribution in [0.25, 0.3) is 27.9 Å². The maximum Gasteiger partial charge on any atom is 0.338 e. The molecule has 5 aromatic rings. The first-order valence-corrected chi connectivity index (χ1v) is 15.7. The van der Waals surface area contributed by atoms with Crippen LogP contribution in [-0.4, -0.2) is 35.9 Å². The predicted octanol–water partition coefficient (Wildman–Crippen LogP) is 5.72. The van der Waals surface area contributed by atoms with E-state index in [-0.39, 0.29) is 12.2 Å². The van der Waals surface area contributed by atoms with Gasteiger partial charge >= 0.3 is 5.97 Å². The zero-order valence-corrected chi connectivity index (χ0v) is 26.4. The zero-order chi connectivity index (χ0) is 31.0. The number of carbonyl (C=O) groups excluding carboxylic acids is 1. The van der Waals surface area contributed by atoms with E-state index < -0.39 is 12.0 Å². The molecular weight excluding hydrogens is 574 g/mol. The molecule has 0 spiro atoms. The largest absolute Gasteiger partial charge is 0.497 e. The molecule has 0 radical (unpaired) electrons. The van der Waals surface area contributed by atoms with Crippen molar-refractivity contribution in [2.24, 2.45) is 4.99 Å². The Bertz CT molecular complexity index is 2120. The van der Waals surface area contributed by atoms with Crippen LogP contribution in [-0.2, 0) is 16.1 Å². The van der Waals surface area contributed by atoms with Crippen LogP contribution in [0.3, 0.4) is 0 Å². The number of hydrogen-bond acceptors (Lipinski definition) is 7. The Morgan fingerprint density at radius 1 is 0.977 bits per heavy atom. The Hall–Kier alpha value is -4.63. The molecule has 0 N–H and O–H groups in total. The van der Waals surface area contributed by atoms with Gasteiger partial charge in [-0.15, -0.1) is 0 Å². The number of aromatic nitrogens is 2. The lowest BCUT2D eigenvalue weighted by atomic mass is 9.93. The Labute approximate surface area is 259 Å². The summed E-state index contributed by atoms with van der Waals surface area (Å²) >= 11 is 1.32. The minimum atomic E-state index is -0.802. The number of para-hydroxylation sites is 1. The van der Waals surface area contributed by atoms with Gasteiger partial charge in [0, 0.05) is 33.9 Å². The second kappa shape index (κ2) is 12.2. The van der Waals surface area contributed by atoms with Crippen molar-refractivity contribution in [3.05, 3.63) is 103 Å². The second-order valence-corrected chi connectivity index (χ2v) is 11.6. The number of allylic oxidation sites excluding steroid dienone is 1. The van der Waals surface area contributed by atoms with Gasteiger partial charge < -0.3 is 18.8 Å². The fourth-order valence-electron chi connectivity index (χ4n) is 6.12. The number of hydrogen-bond donors (Lipinski definition) is 0. The van der Waals surface area contributed by atoms with E-state index in [4.69, 9.17) is 19.2 Å². The Balaban J connectivity index is 1.60. The first-order chi connectivity index (χ1) is 21.4. The monoisotopic (exact) mass is 609 g/mol. The molecule has 3 aromatic carbocycles. The van der Waals surface area contributed by atoms with E-state index in [2.05, 4.69) is 41.8 Å². The summed E-state index contributed by atoms with van der Waals surface area (Å²) in [6, 6.07) is 19.3. The van der Waals surface area contributed by atoms with Gasteiger partial charge in [-0.05, 0) is 68.3 Å². The molecule has 1 aliphatic rings. The number of ether oxygens (including phenoxy) is 3. The smallest absolute Gasteiger partial charge is 0.338 e. The molecule has 3 heterocycles. The van der Waals surface area contributed by atoms with E-state index in [1.807, 2.05) is 31.2 Å². The zero-order valence-electron chi connectivity index (χ0n) is 25.5. The minimum absolute atomic E-state index is 0.199. The average molecular weight is 610 g/mol. The number of rotatable bonds is 9. The summed E-state index contributed by atoms with van der Waals surface area (Å²) in [5.74, 6) is 0.615. The Morgan fingerprint density at radius 3 is 2.50 bits per heavy atom. The average Bonchev–Trinajstić information content (AvgIpc) is 3.53. The van der Waals surface area contributed by atoms with Crippen LogP contribution < -0.4 is 24.4 Å². The standard InChI is InChI=1S/C35H35N3O5S/c1-6-11-26-31(34(40)43-8-3)32(25-20-22(41-4)15-17-29(25)42-5)38-33(39)30(44-35(38)36-26)19-21-14-16-28-24(18-21)23-12-9-10-13-27(23)37(28)7-2/h9-10,12-20,32H,6-8,11H2,1-5H3/b30-19+/t32-/m1/s1. The highest BCUT2D eigenvalue weighted by Gasteiger charge is 2.36. The SMILES string of the molecule is CCCC1=C(C(=O)OCC)[C@@H](c2cc(OC)ccc2OC)n2c(s/c(=C/c3ccc4c(c3)c3ccccc3n4CC)c2=O)=N1. The van der Waals surface area contributed by atoms with E-state index in [0.29, 0.717) is 44.1 Å². The van der Waals surface area contributed by atoms with Crippen LogP contribution in [0.15, 0.2) is 81.7 Å². The van der Waals surface area contributed by atoms with Crippen molar-refractivity contribution in [1.82, 2.24) is 9.13 Å². The number of benzene rings is 3. The number of carbonyl (C=O) groups is 1. The Morgan fingerprint density at radius 2 is 1.77 bits per heavy atom. The minimum Gasteiger partial charge on any atom is -0.497 e. The third kappa shape index (κ3) is 4.91. The highest BCUT2D eigenvalue weighted by Crippen LogP contribution is 2.39. The number of nitrogens with zero attached hydrogens (tertiary/aromatic N) is 3. The van der Waals surface area contributed by atoms with Gasteiger partial charge in [-0.3, -0.25) is 9.36 Å². The van der Waals surface area contributed by atoms with Crippen LogP contribution >= 0.6 is 11.3 Å². The summed E-state index contributed by atoms with van der Waals surface area (Å²) in [5.41, 5.74) is 4.59. The van der Waals surface area contributed by atoms with Crippen LogP contribution in [0.2, 0.25) is 0 Å². The van der Waals surface area contributed by atoms with E-state index >= 15 is 0 Å². The molecule has 2 aromatic heterocycles. The molecule has 6 rings (SSSR count).